The summed E-state index contributed by atoms with van der Waals surface area (Å²) in [6.07, 6.45) is 1.66. The van der Waals surface area contributed by atoms with Crippen molar-refractivity contribution in [2.24, 2.45) is 0 Å². The lowest BCUT2D eigenvalue weighted by molar-refractivity contribution is -0.0855. The third-order valence-corrected chi connectivity index (χ3v) is 3.32. The molecule has 1 aliphatic rings. The maximum absolute atomic E-state index is 9.66. The molecule has 4 heteroatoms. The summed E-state index contributed by atoms with van der Waals surface area (Å²) < 4.78 is 17.2. The molecule has 2 rings (SSSR count). The summed E-state index contributed by atoms with van der Waals surface area (Å²) in [4.78, 5) is 0. The summed E-state index contributed by atoms with van der Waals surface area (Å²) in [5.74, 6) is 0.786. The molecule has 112 valence electrons. The molecule has 1 aliphatic heterocycles. The van der Waals surface area contributed by atoms with Crippen LogP contribution in [0.5, 0.6) is 5.75 Å². The molecule has 1 unspecified atom stereocenters. The van der Waals surface area contributed by atoms with Gasteiger partial charge in [-0.15, -0.1) is 0 Å². The minimum Gasteiger partial charge on any atom is -0.491 e. The number of aliphatic hydroxyl groups excluding tert-OH is 1. The molecule has 0 aromatic heterocycles. The van der Waals surface area contributed by atoms with Crippen LogP contribution in [0.15, 0.2) is 24.3 Å². The summed E-state index contributed by atoms with van der Waals surface area (Å²) >= 11 is 0. The molecule has 0 radical (unpaired) electrons. The van der Waals surface area contributed by atoms with E-state index in [0.29, 0.717) is 0 Å². The molecule has 1 saturated heterocycles. The summed E-state index contributed by atoms with van der Waals surface area (Å²) in [6.45, 7) is 5.39. The fourth-order valence-electron chi connectivity index (χ4n) is 2.37. The second kappa shape index (κ2) is 7.62. The van der Waals surface area contributed by atoms with Crippen LogP contribution in [0.2, 0.25) is 0 Å². The van der Waals surface area contributed by atoms with E-state index in [9.17, 15) is 5.11 Å². The van der Waals surface area contributed by atoms with Crippen molar-refractivity contribution in [2.45, 2.75) is 45.0 Å². The molecule has 0 amide bonds. The lowest BCUT2D eigenvalue weighted by Gasteiger charge is -2.28. The van der Waals surface area contributed by atoms with Crippen LogP contribution in [0.4, 0.5) is 0 Å². The average molecular weight is 280 g/mol. The zero-order chi connectivity index (χ0) is 14.4. The zero-order valence-corrected chi connectivity index (χ0v) is 12.2. The Bertz CT molecular complexity index is 399. The van der Waals surface area contributed by atoms with E-state index in [1.165, 1.54) is 0 Å². The van der Waals surface area contributed by atoms with Gasteiger partial charge in [0.1, 0.15) is 11.9 Å². The minimum absolute atomic E-state index is 0.0458. The molecule has 1 aromatic carbocycles. The van der Waals surface area contributed by atoms with Crippen molar-refractivity contribution in [3.05, 3.63) is 29.8 Å². The molecule has 1 N–H and O–H groups in total. The van der Waals surface area contributed by atoms with Crippen LogP contribution in [0, 0.1) is 0 Å². The van der Waals surface area contributed by atoms with Gasteiger partial charge in [0.25, 0.3) is 0 Å². The van der Waals surface area contributed by atoms with Crippen LogP contribution >= 0.6 is 0 Å². The fourth-order valence-corrected chi connectivity index (χ4v) is 2.37. The highest BCUT2D eigenvalue weighted by atomic mass is 16.5. The van der Waals surface area contributed by atoms with Crippen LogP contribution < -0.4 is 4.74 Å². The van der Waals surface area contributed by atoms with E-state index in [1.54, 1.807) is 0 Å². The number of rotatable bonds is 6. The third-order valence-electron chi connectivity index (χ3n) is 3.32. The normalized spacial score (nSPS) is 18.2. The third kappa shape index (κ3) is 4.20. The zero-order valence-electron chi connectivity index (χ0n) is 12.2. The highest BCUT2D eigenvalue weighted by Crippen LogP contribution is 2.30. The molecular formula is C16H24O4. The van der Waals surface area contributed by atoms with E-state index < -0.39 is 0 Å². The van der Waals surface area contributed by atoms with E-state index in [0.717, 1.165) is 37.4 Å². The molecule has 1 heterocycles. The number of hydrogen-bond donors (Lipinski definition) is 1. The van der Waals surface area contributed by atoms with Gasteiger partial charge in [0.05, 0.1) is 18.8 Å². The van der Waals surface area contributed by atoms with Crippen LogP contribution in [0.25, 0.3) is 0 Å². The molecule has 0 spiro atoms. The van der Waals surface area contributed by atoms with Crippen molar-refractivity contribution >= 4 is 0 Å². The van der Waals surface area contributed by atoms with Gasteiger partial charge in [-0.25, -0.2) is 0 Å². The van der Waals surface area contributed by atoms with Gasteiger partial charge in [-0.1, -0.05) is 18.2 Å². The topological polar surface area (TPSA) is 47.9 Å². The number of para-hydroxylation sites is 1. The number of hydrogen-bond acceptors (Lipinski definition) is 4. The van der Waals surface area contributed by atoms with E-state index in [2.05, 4.69) is 0 Å². The molecule has 0 bridgehead atoms. The fraction of sp³-hybridized carbons (Fsp3) is 0.625. The predicted octanol–water partition coefficient (Wildman–Crippen LogP) is 2.70. The number of ether oxygens (including phenoxy) is 3. The maximum Gasteiger partial charge on any atom is 0.125 e. The Morgan fingerprint density at radius 1 is 1.25 bits per heavy atom. The first kappa shape index (κ1) is 15.3. The lowest BCUT2D eigenvalue weighted by Crippen LogP contribution is -2.26. The molecule has 1 atom stereocenters. The van der Waals surface area contributed by atoms with Gasteiger partial charge >= 0.3 is 0 Å². The highest BCUT2D eigenvalue weighted by Gasteiger charge is 2.22. The van der Waals surface area contributed by atoms with Gasteiger partial charge < -0.3 is 19.3 Å². The monoisotopic (exact) mass is 280 g/mol. The Morgan fingerprint density at radius 3 is 2.60 bits per heavy atom. The largest absolute Gasteiger partial charge is 0.491 e. The van der Waals surface area contributed by atoms with E-state index in [4.69, 9.17) is 14.2 Å². The van der Waals surface area contributed by atoms with E-state index in [1.807, 2.05) is 38.1 Å². The molecule has 20 heavy (non-hydrogen) atoms. The van der Waals surface area contributed by atoms with Gasteiger partial charge in [-0.05, 0) is 32.8 Å². The van der Waals surface area contributed by atoms with Crippen molar-refractivity contribution in [3.8, 4) is 5.75 Å². The molecule has 4 nitrogen and oxygen atoms in total. The summed E-state index contributed by atoms with van der Waals surface area (Å²) in [7, 11) is 0. The summed E-state index contributed by atoms with van der Waals surface area (Å²) in [6, 6.07) is 7.76. The predicted molar refractivity (Wildman–Crippen MR) is 77.0 cm³/mol. The van der Waals surface area contributed by atoms with Crippen molar-refractivity contribution in [1.29, 1.82) is 0 Å². The first-order valence-corrected chi connectivity index (χ1v) is 7.30. The first-order chi connectivity index (χ1) is 9.70. The van der Waals surface area contributed by atoms with Crippen molar-refractivity contribution in [1.82, 2.24) is 0 Å². The first-order valence-electron chi connectivity index (χ1n) is 7.30. The molecular weight excluding hydrogens is 256 g/mol. The van der Waals surface area contributed by atoms with Crippen molar-refractivity contribution < 1.29 is 19.3 Å². The Kier molecular flexibility index (Phi) is 5.83. The van der Waals surface area contributed by atoms with E-state index in [-0.39, 0.29) is 24.9 Å². The van der Waals surface area contributed by atoms with Crippen molar-refractivity contribution in [2.75, 3.05) is 19.8 Å². The molecule has 1 aromatic rings. The second-order valence-corrected chi connectivity index (χ2v) is 5.32. The Balaban J connectivity index is 2.09. The smallest absolute Gasteiger partial charge is 0.125 e. The standard InChI is InChI=1S/C16H24O4/c1-12(2)19-15-6-4-3-5-14(15)16(11-17)20-13-7-9-18-10-8-13/h3-6,12-13,16-17H,7-11H2,1-2H3. The van der Waals surface area contributed by atoms with Gasteiger partial charge in [0.15, 0.2) is 0 Å². The van der Waals surface area contributed by atoms with Crippen LogP contribution in [-0.4, -0.2) is 37.1 Å². The number of aliphatic hydroxyl groups is 1. The quantitative estimate of drug-likeness (QED) is 0.870. The minimum atomic E-state index is -0.340. The molecule has 0 saturated carbocycles. The second-order valence-electron chi connectivity index (χ2n) is 5.32. The summed E-state index contributed by atoms with van der Waals surface area (Å²) in [5, 5.41) is 9.66. The SMILES string of the molecule is CC(C)Oc1ccccc1C(CO)OC1CCOCC1. The number of benzene rings is 1. The Morgan fingerprint density at radius 2 is 1.95 bits per heavy atom. The summed E-state index contributed by atoms with van der Waals surface area (Å²) in [5.41, 5.74) is 0.912. The van der Waals surface area contributed by atoms with Crippen LogP contribution in [0.1, 0.15) is 38.4 Å². The molecule has 0 aliphatic carbocycles. The average Bonchev–Trinajstić information content (AvgIpc) is 2.46. The molecule has 1 fully saturated rings. The van der Waals surface area contributed by atoms with Crippen molar-refractivity contribution in [3.63, 3.8) is 0 Å². The lowest BCUT2D eigenvalue weighted by atomic mass is 10.1. The Labute approximate surface area is 120 Å². The van der Waals surface area contributed by atoms with Gasteiger partial charge in [-0.3, -0.25) is 0 Å². The van der Waals surface area contributed by atoms with Gasteiger partial charge in [-0.2, -0.15) is 0 Å². The van der Waals surface area contributed by atoms with Gasteiger partial charge in [0, 0.05) is 18.8 Å². The highest BCUT2D eigenvalue weighted by molar-refractivity contribution is 5.35. The van der Waals surface area contributed by atoms with Gasteiger partial charge in [0.2, 0.25) is 0 Å². The van der Waals surface area contributed by atoms with Crippen LogP contribution in [0.3, 0.4) is 0 Å². The Hall–Kier alpha value is -1.10. The maximum atomic E-state index is 9.66. The van der Waals surface area contributed by atoms with Crippen LogP contribution in [-0.2, 0) is 9.47 Å². The van der Waals surface area contributed by atoms with E-state index >= 15 is 0 Å².